The van der Waals surface area contributed by atoms with Crippen molar-refractivity contribution in [2.45, 2.75) is 30.7 Å². The van der Waals surface area contributed by atoms with Crippen LogP contribution < -0.4 is 14.9 Å². The smallest absolute Gasteiger partial charge is 0.335 e. The second kappa shape index (κ2) is 8.83. The van der Waals surface area contributed by atoms with Crippen molar-refractivity contribution >= 4 is 16.9 Å². The number of carbonyl (C=O) groups is 1. The highest BCUT2D eigenvalue weighted by Crippen LogP contribution is 2.43. The topological polar surface area (TPSA) is 196 Å². The third kappa shape index (κ3) is 3.88. The number of fused-ring (bicyclic) bond motifs is 1. The largest absolute Gasteiger partial charge is 0.507 e. The molecule has 0 amide bonds. The molecule has 1 fully saturated rings. The lowest BCUT2D eigenvalue weighted by Crippen LogP contribution is -2.61. The number of para-hydroxylation sites is 1. The van der Waals surface area contributed by atoms with Crippen molar-refractivity contribution in [1.82, 2.24) is 0 Å². The highest BCUT2D eigenvalue weighted by atomic mass is 16.7. The number of carboxylic acid groups (broad SMARTS) is 1. The highest BCUT2D eigenvalue weighted by Gasteiger charge is 2.48. The second-order valence-corrected chi connectivity index (χ2v) is 7.48. The van der Waals surface area contributed by atoms with Gasteiger partial charge in [0.2, 0.25) is 12.0 Å². The van der Waals surface area contributed by atoms with E-state index in [4.69, 9.17) is 18.6 Å². The number of hydrogen-bond acceptors (Lipinski definition) is 11. The summed E-state index contributed by atoms with van der Waals surface area (Å²) in [5.74, 6) is -2.99. The normalized spacial score (nSPS) is 24.6. The number of rotatable bonds is 5. The van der Waals surface area contributed by atoms with E-state index in [1.54, 1.807) is 12.1 Å². The monoisotopic (exact) mass is 476 g/mol. The van der Waals surface area contributed by atoms with Crippen LogP contribution in [0.2, 0.25) is 0 Å². The van der Waals surface area contributed by atoms with Crippen LogP contribution in [0.5, 0.6) is 23.0 Å². The van der Waals surface area contributed by atoms with Gasteiger partial charge in [0.05, 0.1) is 12.7 Å². The molecule has 0 radical (unpaired) electrons. The zero-order valence-corrected chi connectivity index (χ0v) is 17.5. The number of ether oxygens (including phenoxy) is 3. The molecule has 2 aromatic carbocycles. The molecule has 4 rings (SSSR count). The number of aromatic hydroxyl groups is 2. The zero-order valence-electron chi connectivity index (χ0n) is 17.5. The van der Waals surface area contributed by atoms with Gasteiger partial charge in [-0.3, -0.25) is 4.79 Å². The van der Waals surface area contributed by atoms with Crippen LogP contribution in [0.4, 0.5) is 0 Å². The van der Waals surface area contributed by atoms with Gasteiger partial charge in [0.25, 0.3) is 0 Å². The summed E-state index contributed by atoms with van der Waals surface area (Å²) in [7, 11) is 1.20. The Hall–Kier alpha value is -3.84. The zero-order chi connectivity index (χ0) is 24.7. The quantitative estimate of drug-likeness (QED) is 0.292. The van der Waals surface area contributed by atoms with E-state index in [-0.39, 0.29) is 39.5 Å². The molecular weight excluding hydrogens is 456 g/mol. The highest BCUT2D eigenvalue weighted by molar-refractivity contribution is 5.92. The van der Waals surface area contributed by atoms with Crippen LogP contribution in [0.15, 0.2) is 45.6 Å². The number of aliphatic hydroxyl groups excluding tert-OH is 3. The third-order valence-electron chi connectivity index (χ3n) is 5.33. The number of hydrogen-bond donors (Lipinski definition) is 6. The van der Waals surface area contributed by atoms with Crippen LogP contribution in [0.3, 0.4) is 0 Å². The molecule has 12 nitrogen and oxygen atoms in total. The van der Waals surface area contributed by atoms with Gasteiger partial charge >= 0.3 is 5.97 Å². The number of aliphatic carboxylic acids is 1. The average molecular weight is 476 g/mol. The van der Waals surface area contributed by atoms with Gasteiger partial charge in [0.1, 0.15) is 41.0 Å². The van der Waals surface area contributed by atoms with Crippen LogP contribution in [0, 0.1) is 0 Å². The van der Waals surface area contributed by atoms with Crippen LogP contribution >= 0.6 is 0 Å². The minimum atomic E-state index is -1.93. The molecule has 1 aliphatic rings. The van der Waals surface area contributed by atoms with Gasteiger partial charge in [0, 0.05) is 12.1 Å². The SMILES string of the molecule is COc1c(OC2O[C@H](C(=O)O)[C@@H](O)[C@H](O)[C@H]2O)cc(O)c2c(=O)cc(-c3ccccc3O)oc12. The average Bonchev–Trinajstić information content (AvgIpc) is 2.79. The minimum Gasteiger partial charge on any atom is -0.507 e. The molecule has 1 saturated heterocycles. The molecule has 0 aliphatic carbocycles. The molecule has 0 saturated carbocycles. The van der Waals surface area contributed by atoms with Gasteiger partial charge in [-0.25, -0.2) is 4.79 Å². The van der Waals surface area contributed by atoms with Crippen molar-refractivity contribution in [3.8, 4) is 34.3 Å². The van der Waals surface area contributed by atoms with E-state index < -0.39 is 47.9 Å². The van der Waals surface area contributed by atoms with E-state index in [1.807, 2.05) is 0 Å². The Balaban J connectivity index is 1.83. The first-order chi connectivity index (χ1) is 16.1. The summed E-state index contributed by atoms with van der Waals surface area (Å²) in [6, 6.07) is 8.09. The maximum atomic E-state index is 12.7. The van der Waals surface area contributed by atoms with Crippen LogP contribution in [-0.4, -0.2) is 74.4 Å². The van der Waals surface area contributed by atoms with E-state index in [0.717, 1.165) is 12.1 Å². The molecule has 12 heteroatoms. The Morgan fingerprint density at radius 3 is 2.35 bits per heavy atom. The van der Waals surface area contributed by atoms with Crippen molar-refractivity contribution in [3.63, 3.8) is 0 Å². The van der Waals surface area contributed by atoms with Gasteiger partial charge in [-0.1, -0.05) is 12.1 Å². The molecule has 1 unspecified atom stereocenters. The van der Waals surface area contributed by atoms with Gasteiger partial charge in [-0.15, -0.1) is 0 Å². The standard InChI is InChI=1S/C22H20O12/c1-31-18-13(33-22-17(28)15(26)16(27)20(34-22)21(29)30)7-11(25)14-10(24)6-12(32-19(14)18)8-4-2-3-5-9(8)23/h2-7,15-17,20,22-23,25-28H,1H3,(H,29,30)/t15-,16-,17+,20-,22?/m0/s1. The fraction of sp³-hybridized carbons (Fsp3) is 0.273. The van der Waals surface area contributed by atoms with Crippen LogP contribution in [-0.2, 0) is 9.53 Å². The van der Waals surface area contributed by atoms with E-state index in [9.17, 15) is 40.2 Å². The number of carboxylic acids is 1. The number of benzene rings is 2. The molecule has 0 bridgehead atoms. The van der Waals surface area contributed by atoms with E-state index in [1.165, 1.54) is 19.2 Å². The van der Waals surface area contributed by atoms with Crippen molar-refractivity contribution in [1.29, 1.82) is 0 Å². The van der Waals surface area contributed by atoms with Crippen molar-refractivity contribution in [2.24, 2.45) is 0 Å². The molecule has 3 aromatic rings. The lowest BCUT2D eigenvalue weighted by atomic mass is 9.99. The second-order valence-electron chi connectivity index (χ2n) is 7.48. The molecule has 180 valence electrons. The predicted molar refractivity (Wildman–Crippen MR) is 113 cm³/mol. The number of phenols is 2. The number of aliphatic hydroxyl groups is 3. The molecular formula is C22H20O12. The summed E-state index contributed by atoms with van der Waals surface area (Å²) in [6.45, 7) is 0. The van der Waals surface area contributed by atoms with Crippen LogP contribution in [0.1, 0.15) is 0 Å². The lowest BCUT2D eigenvalue weighted by molar-refractivity contribution is -0.271. The minimum absolute atomic E-state index is 0.0520. The van der Waals surface area contributed by atoms with Gasteiger partial charge in [-0.05, 0) is 12.1 Å². The Labute approximate surface area is 190 Å². The lowest BCUT2D eigenvalue weighted by Gasteiger charge is -2.38. The molecule has 6 N–H and O–H groups in total. The number of phenolic OH excluding ortho intramolecular Hbond substituents is 2. The fourth-order valence-corrected chi connectivity index (χ4v) is 3.64. The Kier molecular flexibility index (Phi) is 6.06. The molecule has 34 heavy (non-hydrogen) atoms. The molecule has 1 aliphatic heterocycles. The maximum Gasteiger partial charge on any atom is 0.335 e. The Morgan fingerprint density at radius 2 is 1.71 bits per heavy atom. The van der Waals surface area contributed by atoms with Gasteiger partial charge in [0.15, 0.2) is 22.9 Å². The summed E-state index contributed by atoms with van der Waals surface area (Å²) in [6.07, 6.45) is -9.47. The van der Waals surface area contributed by atoms with E-state index >= 15 is 0 Å². The molecule has 0 spiro atoms. The van der Waals surface area contributed by atoms with E-state index in [2.05, 4.69) is 0 Å². The summed E-state index contributed by atoms with van der Waals surface area (Å²) in [4.78, 5) is 24.1. The maximum absolute atomic E-state index is 12.7. The van der Waals surface area contributed by atoms with Gasteiger partial charge < -0.3 is 49.3 Å². The first-order valence-corrected chi connectivity index (χ1v) is 9.89. The molecule has 1 aromatic heterocycles. The molecule has 5 atom stereocenters. The van der Waals surface area contributed by atoms with Gasteiger partial charge in [-0.2, -0.15) is 0 Å². The summed E-state index contributed by atoms with van der Waals surface area (Å²) in [5.41, 5.74) is -0.758. The molecule has 2 heterocycles. The predicted octanol–water partition coefficient (Wildman–Crippen LogP) is 0.151. The van der Waals surface area contributed by atoms with Crippen molar-refractivity contribution in [2.75, 3.05) is 7.11 Å². The van der Waals surface area contributed by atoms with E-state index in [0.29, 0.717) is 0 Å². The Morgan fingerprint density at radius 1 is 1.00 bits per heavy atom. The van der Waals surface area contributed by atoms with Crippen molar-refractivity contribution in [3.05, 3.63) is 46.6 Å². The summed E-state index contributed by atoms with van der Waals surface area (Å²) < 4.78 is 21.6. The summed E-state index contributed by atoms with van der Waals surface area (Å²) in [5, 5.41) is 59.6. The number of methoxy groups -OCH3 is 1. The summed E-state index contributed by atoms with van der Waals surface area (Å²) >= 11 is 0. The first-order valence-electron chi connectivity index (χ1n) is 9.89. The van der Waals surface area contributed by atoms with Crippen molar-refractivity contribution < 1.29 is 54.1 Å². The van der Waals surface area contributed by atoms with Crippen LogP contribution in [0.25, 0.3) is 22.3 Å². The fourth-order valence-electron chi connectivity index (χ4n) is 3.64. The first kappa shape index (κ1) is 23.3. The Bertz CT molecular complexity index is 1300. The third-order valence-corrected chi connectivity index (χ3v) is 5.33.